The molecule has 0 saturated heterocycles. The van der Waals surface area contributed by atoms with Crippen molar-refractivity contribution in [2.24, 2.45) is 0 Å². The van der Waals surface area contributed by atoms with E-state index in [-0.39, 0.29) is 6.04 Å². The smallest absolute Gasteiger partial charge is 0.0933 e. The monoisotopic (exact) mass is 275 g/mol. The summed E-state index contributed by atoms with van der Waals surface area (Å²) in [7, 11) is 0. The van der Waals surface area contributed by atoms with Gasteiger partial charge in [0.05, 0.1) is 12.6 Å². The van der Waals surface area contributed by atoms with Crippen molar-refractivity contribution in [3.8, 4) is 0 Å². The fourth-order valence-electron chi connectivity index (χ4n) is 1.91. The highest BCUT2D eigenvalue weighted by molar-refractivity contribution is 6.30. The molecule has 2 nitrogen and oxygen atoms in total. The van der Waals surface area contributed by atoms with E-state index in [4.69, 9.17) is 16.4 Å². The standard InChI is InChI=1S/C16H18ClNO/c1-2-16(14-9-6-10-15(17)11-14)18-19-12-13-7-4-3-5-8-13/h3-11,16,18H,2,12H2,1H3. The SMILES string of the molecule is CCC(NOCc1ccccc1)c1cccc(Cl)c1. The van der Waals surface area contributed by atoms with Gasteiger partial charge < -0.3 is 0 Å². The predicted octanol–water partition coefficient (Wildman–Crippen LogP) is 4.51. The summed E-state index contributed by atoms with van der Waals surface area (Å²) in [6.07, 6.45) is 0.940. The number of hydrogen-bond acceptors (Lipinski definition) is 2. The summed E-state index contributed by atoms with van der Waals surface area (Å²) in [5.41, 5.74) is 5.39. The lowest BCUT2D eigenvalue weighted by molar-refractivity contribution is 0.00203. The Labute approximate surface area is 119 Å². The quantitative estimate of drug-likeness (QED) is 0.783. The van der Waals surface area contributed by atoms with E-state index in [9.17, 15) is 0 Å². The maximum Gasteiger partial charge on any atom is 0.0933 e. The van der Waals surface area contributed by atoms with Crippen molar-refractivity contribution < 1.29 is 4.84 Å². The second kappa shape index (κ2) is 7.29. The third-order valence-electron chi connectivity index (χ3n) is 2.97. The summed E-state index contributed by atoms with van der Waals surface area (Å²) in [6, 6.07) is 18.1. The van der Waals surface area contributed by atoms with Gasteiger partial charge in [0.1, 0.15) is 0 Å². The summed E-state index contributed by atoms with van der Waals surface area (Å²) < 4.78 is 0. The number of hydroxylamine groups is 1. The molecule has 0 amide bonds. The molecule has 0 radical (unpaired) electrons. The highest BCUT2D eigenvalue weighted by Gasteiger charge is 2.09. The largest absolute Gasteiger partial charge is 0.296 e. The van der Waals surface area contributed by atoms with Gasteiger partial charge in [-0.1, -0.05) is 61.0 Å². The Morgan fingerprint density at radius 1 is 1.11 bits per heavy atom. The van der Waals surface area contributed by atoms with Crippen molar-refractivity contribution in [3.05, 3.63) is 70.7 Å². The summed E-state index contributed by atoms with van der Waals surface area (Å²) in [4.78, 5) is 5.57. The minimum Gasteiger partial charge on any atom is -0.296 e. The fraction of sp³-hybridized carbons (Fsp3) is 0.250. The molecule has 0 aliphatic rings. The molecule has 0 fully saturated rings. The molecular weight excluding hydrogens is 258 g/mol. The van der Waals surface area contributed by atoms with E-state index in [0.29, 0.717) is 6.61 Å². The molecule has 0 saturated carbocycles. The minimum absolute atomic E-state index is 0.155. The predicted molar refractivity (Wildman–Crippen MR) is 78.9 cm³/mol. The van der Waals surface area contributed by atoms with Gasteiger partial charge in [-0.15, -0.1) is 0 Å². The van der Waals surface area contributed by atoms with E-state index in [0.717, 1.165) is 22.6 Å². The molecule has 0 aliphatic heterocycles. The zero-order valence-corrected chi connectivity index (χ0v) is 11.7. The molecular formula is C16H18ClNO. The molecule has 0 bridgehead atoms. The van der Waals surface area contributed by atoms with Crippen LogP contribution in [0.4, 0.5) is 0 Å². The van der Waals surface area contributed by atoms with E-state index in [2.05, 4.69) is 18.5 Å². The third-order valence-corrected chi connectivity index (χ3v) is 3.20. The molecule has 1 N–H and O–H groups in total. The van der Waals surface area contributed by atoms with Crippen LogP contribution in [-0.2, 0) is 11.4 Å². The lowest BCUT2D eigenvalue weighted by Crippen LogP contribution is -2.21. The molecule has 1 atom stereocenters. The second-order valence-electron chi connectivity index (χ2n) is 4.41. The summed E-state index contributed by atoms with van der Waals surface area (Å²) >= 11 is 6.01. The normalized spacial score (nSPS) is 12.3. The van der Waals surface area contributed by atoms with Gasteiger partial charge in [0.15, 0.2) is 0 Å². The van der Waals surface area contributed by atoms with Gasteiger partial charge in [-0.2, -0.15) is 5.48 Å². The molecule has 3 heteroatoms. The third kappa shape index (κ3) is 4.35. The zero-order valence-electron chi connectivity index (χ0n) is 11.0. The summed E-state index contributed by atoms with van der Waals surface area (Å²) in [5, 5.41) is 0.751. The van der Waals surface area contributed by atoms with Crippen LogP contribution in [0.3, 0.4) is 0 Å². The van der Waals surface area contributed by atoms with Crippen LogP contribution in [0.5, 0.6) is 0 Å². The lowest BCUT2D eigenvalue weighted by atomic mass is 10.1. The number of halogens is 1. The first-order chi connectivity index (χ1) is 9.29. The molecule has 0 aromatic heterocycles. The van der Waals surface area contributed by atoms with Gasteiger partial charge in [-0.05, 0) is 29.7 Å². The van der Waals surface area contributed by atoms with Crippen LogP contribution in [0.25, 0.3) is 0 Å². The van der Waals surface area contributed by atoms with E-state index in [1.165, 1.54) is 0 Å². The van der Waals surface area contributed by atoms with Crippen LogP contribution >= 0.6 is 11.6 Å². The number of nitrogens with one attached hydrogen (secondary N) is 1. The van der Waals surface area contributed by atoms with Crippen molar-refractivity contribution in [2.75, 3.05) is 0 Å². The van der Waals surface area contributed by atoms with Gasteiger partial charge in [-0.25, -0.2) is 0 Å². The Morgan fingerprint density at radius 2 is 1.89 bits per heavy atom. The topological polar surface area (TPSA) is 21.3 Å². The highest BCUT2D eigenvalue weighted by Crippen LogP contribution is 2.20. The van der Waals surface area contributed by atoms with Crippen molar-refractivity contribution in [1.29, 1.82) is 0 Å². The first-order valence-electron chi connectivity index (χ1n) is 6.46. The van der Waals surface area contributed by atoms with E-state index in [1.807, 2.05) is 48.5 Å². The molecule has 2 aromatic rings. The maximum absolute atomic E-state index is 6.01. The molecule has 0 heterocycles. The van der Waals surface area contributed by atoms with Gasteiger partial charge in [0.2, 0.25) is 0 Å². The molecule has 2 aromatic carbocycles. The van der Waals surface area contributed by atoms with Crippen molar-refractivity contribution >= 4 is 11.6 Å². The maximum atomic E-state index is 6.01. The van der Waals surface area contributed by atoms with Crippen LogP contribution < -0.4 is 5.48 Å². The Bertz CT molecular complexity index is 501. The van der Waals surface area contributed by atoms with E-state index < -0.39 is 0 Å². The zero-order chi connectivity index (χ0) is 13.5. The molecule has 0 spiro atoms. The summed E-state index contributed by atoms with van der Waals surface area (Å²) in [5.74, 6) is 0. The molecule has 0 aliphatic carbocycles. The van der Waals surface area contributed by atoms with Crippen LogP contribution in [0.15, 0.2) is 54.6 Å². The summed E-state index contributed by atoms with van der Waals surface area (Å²) in [6.45, 7) is 2.67. The van der Waals surface area contributed by atoms with Crippen LogP contribution in [0, 0.1) is 0 Å². The van der Waals surface area contributed by atoms with Gasteiger partial charge in [-0.3, -0.25) is 4.84 Å². The second-order valence-corrected chi connectivity index (χ2v) is 4.84. The first-order valence-corrected chi connectivity index (χ1v) is 6.84. The Hall–Kier alpha value is -1.35. The highest BCUT2D eigenvalue weighted by atomic mass is 35.5. The molecule has 2 rings (SSSR count). The number of hydrogen-bond donors (Lipinski definition) is 1. The Morgan fingerprint density at radius 3 is 2.58 bits per heavy atom. The number of benzene rings is 2. The first kappa shape index (κ1) is 14.1. The van der Waals surface area contributed by atoms with E-state index in [1.54, 1.807) is 0 Å². The average molecular weight is 276 g/mol. The van der Waals surface area contributed by atoms with Gasteiger partial charge >= 0.3 is 0 Å². The fourth-order valence-corrected chi connectivity index (χ4v) is 2.11. The van der Waals surface area contributed by atoms with Crippen LogP contribution in [0.1, 0.15) is 30.5 Å². The van der Waals surface area contributed by atoms with Crippen LogP contribution in [-0.4, -0.2) is 0 Å². The Kier molecular flexibility index (Phi) is 5.40. The van der Waals surface area contributed by atoms with Crippen molar-refractivity contribution in [1.82, 2.24) is 5.48 Å². The van der Waals surface area contributed by atoms with Crippen LogP contribution in [0.2, 0.25) is 5.02 Å². The van der Waals surface area contributed by atoms with Crippen molar-refractivity contribution in [2.45, 2.75) is 26.0 Å². The molecule has 19 heavy (non-hydrogen) atoms. The van der Waals surface area contributed by atoms with Crippen molar-refractivity contribution in [3.63, 3.8) is 0 Å². The van der Waals surface area contributed by atoms with E-state index >= 15 is 0 Å². The lowest BCUT2D eigenvalue weighted by Gasteiger charge is -2.17. The van der Waals surface area contributed by atoms with Gasteiger partial charge in [0.25, 0.3) is 0 Å². The molecule has 100 valence electrons. The molecule has 1 unspecified atom stereocenters. The average Bonchev–Trinajstić information content (AvgIpc) is 2.45. The minimum atomic E-state index is 0.155. The Balaban J connectivity index is 1.89. The van der Waals surface area contributed by atoms with Gasteiger partial charge in [0, 0.05) is 5.02 Å². The number of rotatable bonds is 6.